The molecule has 1 heterocycles. The van der Waals surface area contributed by atoms with Crippen molar-refractivity contribution >= 4 is 5.91 Å². The summed E-state index contributed by atoms with van der Waals surface area (Å²) in [6.45, 7) is 3.11. The van der Waals surface area contributed by atoms with Crippen LogP contribution in [0.25, 0.3) is 0 Å². The number of nitrogens with two attached hydrogens (primary N) is 1. The molecule has 2 N–H and O–H groups in total. The van der Waals surface area contributed by atoms with E-state index in [4.69, 9.17) is 5.73 Å². The van der Waals surface area contributed by atoms with Crippen molar-refractivity contribution in [2.24, 2.45) is 11.7 Å². The zero-order chi connectivity index (χ0) is 10.8. The van der Waals surface area contributed by atoms with E-state index < -0.39 is 0 Å². The summed E-state index contributed by atoms with van der Waals surface area (Å²) in [6.07, 6.45) is 3.85. The van der Waals surface area contributed by atoms with Crippen molar-refractivity contribution in [3.63, 3.8) is 0 Å². The fourth-order valence-electron chi connectivity index (χ4n) is 2.41. The topological polar surface area (TPSA) is 49.6 Å². The van der Waals surface area contributed by atoms with Crippen LogP contribution in [0, 0.1) is 5.92 Å². The molecule has 1 atom stereocenters. The second-order valence-electron chi connectivity index (χ2n) is 4.87. The average Bonchev–Trinajstić information content (AvgIpc) is 2.99. The molecule has 0 aromatic heterocycles. The van der Waals surface area contributed by atoms with E-state index in [1.165, 1.54) is 12.8 Å². The molecule has 1 saturated heterocycles. The minimum Gasteiger partial charge on any atom is -0.341 e. The minimum atomic E-state index is 0.103. The highest BCUT2D eigenvalue weighted by Crippen LogP contribution is 2.27. The van der Waals surface area contributed by atoms with E-state index in [0.29, 0.717) is 5.92 Å². The SMILES string of the molecule is CN(C[C@H]1CCN(C(=O)CN)C1)C1CC1. The summed E-state index contributed by atoms with van der Waals surface area (Å²) in [5.41, 5.74) is 5.36. The summed E-state index contributed by atoms with van der Waals surface area (Å²) >= 11 is 0. The average molecular weight is 211 g/mol. The molecular formula is C11H21N3O. The number of likely N-dealkylation sites (tertiary alicyclic amines) is 1. The molecule has 0 aromatic carbocycles. The van der Waals surface area contributed by atoms with Crippen molar-refractivity contribution in [2.75, 3.05) is 33.2 Å². The lowest BCUT2D eigenvalue weighted by atomic mass is 10.1. The first-order valence-corrected chi connectivity index (χ1v) is 5.88. The number of hydrogen-bond acceptors (Lipinski definition) is 3. The van der Waals surface area contributed by atoms with Gasteiger partial charge in [-0.1, -0.05) is 0 Å². The van der Waals surface area contributed by atoms with Gasteiger partial charge in [0.25, 0.3) is 0 Å². The van der Waals surface area contributed by atoms with Gasteiger partial charge in [0, 0.05) is 25.7 Å². The lowest BCUT2D eigenvalue weighted by molar-refractivity contribution is -0.128. The molecular weight excluding hydrogens is 190 g/mol. The van der Waals surface area contributed by atoms with Gasteiger partial charge < -0.3 is 15.5 Å². The lowest BCUT2D eigenvalue weighted by Crippen LogP contribution is -2.35. The van der Waals surface area contributed by atoms with Gasteiger partial charge in [-0.3, -0.25) is 4.79 Å². The van der Waals surface area contributed by atoms with Gasteiger partial charge in [-0.05, 0) is 32.2 Å². The predicted octanol–water partition coefficient (Wildman–Crippen LogP) is -0.112. The Morgan fingerprint density at radius 2 is 2.20 bits per heavy atom. The summed E-state index contributed by atoms with van der Waals surface area (Å²) in [6, 6.07) is 0.823. The summed E-state index contributed by atoms with van der Waals surface area (Å²) in [4.78, 5) is 15.7. The zero-order valence-electron chi connectivity index (χ0n) is 9.48. The van der Waals surface area contributed by atoms with Crippen LogP contribution in [0.15, 0.2) is 0 Å². The van der Waals surface area contributed by atoms with Gasteiger partial charge in [-0.15, -0.1) is 0 Å². The molecule has 0 unspecified atom stereocenters. The third kappa shape index (κ3) is 2.69. The molecule has 2 fully saturated rings. The minimum absolute atomic E-state index is 0.103. The van der Waals surface area contributed by atoms with Crippen molar-refractivity contribution in [3.05, 3.63) is 0 Å². The largest absolute Gasteiger partial charge is 0.341 e. The third-order valence-electron chi connectivity index (χ3n) is 3.53. The van der Waals surface area contributed by atoms with E-state index in [9.17, 15) is 4.79 Å². The van der Waals surface area contributed by atoms with Crippen molar-refractivity contribution in [2.45, 2.75) is 25.3 Å². The molecule has 15 heavy (non-hydrogen) atoms. The lowest BCUT2D eigenvalue weighted by Gasteiger charge is -2.21. The molecule has 2 aliphatic rings. The van der Waals surface area contributed by atoms with Crippen molar-refractivity contribution in [3.8, 4) is 0 Å². The van der Waals surface area contributed by atoms with E-state index in [0.717, 1.165) is 32.1 Å². The van der Waals surface area contributed by atoms with E-state index in [-0.39, 0.29) is 12.5 Å². The highest BCUT2D eigenvalue weighted by atomic mass is 16.2. The maximum absolute atomic E-state index is 11.4. The van der Waals surface area contributed by atoms with Crippen molar-refractivity contribution in [1.82, 2.24) is 9.80 Å². The fraction of sp³-hybridized carbons (Fsp3) is 0.909. The fourth-order valence-corrected chi connectivity index (χ4v) is 2.41. The second-order valence-corrected chi connectivity index (χ2v) is 4.87. The molecule has 4 heteroatoms. The van der Waals surface area contributed by atoms with Crippen LogP contribution in [0.4, 0.5) is 0 Å². The van der Waals surface area contributed by atoms with Gasteiger partial charge in [-0.2, -0.15) is 0 Å². The molecule has 1 saturated carbocycles. The van der Waals surface area contributed by atoms with E-state index in [1.54, 1.807) is 0 Å². The number of hydrogen-bond donors (Lipinski definition) is 1. The summed E-state index contributed by atoms with van der Waals surface area (Å²) in [5, 5.41) is 0. The van der Waals surface area contributed by atoms with Gasteiger partial charge in [0.2, 0.25) is 5.91 Å². The van der Waals surface area contributed by atoms with Gasteiger partial charge >= 0.3 is 0 Å². The molecule has 86 valence electrons. The van der Waals surface area contributed by atoms with Crippen LogP contribution in [-0.4, -0.2) is 55.0 Å². The first-order chi connectivity index (χ1) is 7.20. The van der Waals surface area contributed by atoms with Crippen LogP contribution in [-0.2, 0) is 4.79 Å². The maximum Gasteiger partial charge on any atom is 0.236 e. The molecule has 2 rings (SSSR count). The van der Waals surface area contributed by atoms with Gasteiger partial charge in [-0.25, -0.2) is 0 Å². The zero-order valence-corrected chi connectivity index (χ0v) is 9.48. The van der Waals surface area contributed by atoms with Crippen LogP contribution in [0.2, 0.25) is 0 Å². The number of carbonyl (C=O) groups excluding carboxylic acids is 1. The quantitative estimate of drug-likeness (QED) is 0.706. The van der Waals surface area contributed by atoms with Crippen LogP contribution in [0.3, 0.4) is 0 Å². The molecule has 0 radical (unpaired) electrons. The molecule has 1 aliphatic heterocycles. The Bertz CT molecular complexity index is 240. The number of carbonyl (C=O) groups is 1. The molecule has 0 aromatic rings. The van der Waals surface area contributed by atoms with E-state index in [1.807, 2.05) is 4.90 Å². The highest BCUT2D eigenvalue weighted by molar-refractivity contribution is 5.78. The smallest absolute Gasteiger partial charge is 0.236 e. The number of rotatable bonds is 4. The van der Waals surface area contributed by atoms with E-state index >= 15 is 0 Å². The Morgan fingerprint density at radius 3 is 2.80 bits per heavy atom. The first kappa shape index (κ1) is 10.9. The highest BCUT2D eigenvalue weighted by Gasteiger charge is 2.31. The molecule has 0 bridgehead atoms. The normalized spacial score (nSPS) is 26.3. The summed E-state index contributed by atoms with van der Waals surface area (Å²) in [7, 11) is 2.20. The van der Waals surface area contributed by atoms with Gasteiger partial charge in [0.05, 0.1) is 6.54 Å². The van der Waals surface area contributed by atoms with Crippen LogP contribution in [0.1, 0.15) is 19.3 Å². The van der Waals surface area contributed by atoms with Gasteiger partial charge in [0.15, 0.2) is 0 Å². The monoisotopic (exact) mass is 211 g/mol. The van der Waals surface area contributed by atoms with E-state index in [2.05, 4.69) is 11.9 Å². The number of nitrogens with zero attached hydrogens (tertiary/aromatic N) is 2. The number of amides is 1. The summed E-state index contributed by atoms with van der Waals surface area (Å²) in [5.74, 6) is 0.762. The Labute approximate surface area is 91.4 Å². The van der Waals surface area contributed by atoms with Crippen LogP contribution < -0.4 is 5.73 Å². The van der Waals surface area contributed by atoms with Crippen molar-refractivity contribution in [1.29, 1.82) is 0 Å². The molecule has 1 aliphatic carbocycles. The molecule has 1 amide bonds. The Kier molecular flexibility index (Phi) is 3.26. The predicted molar refractivity (Wildman–Crippen MR) is 59.4 cm³/mol. The van der Waals surface area contributed by atoms with Crippen LogP contribution >= 0.6 is 0 Å². The second kappa shape index (κ2) is 4.49. The standard InChI is InChI=1S/C11H21N3O/c1-13(10-2-3-10)7-9-4-5-14(8-9)11(15)6-12/h9-10H,2-8,12H2,1H3/t9-/m1/s1. The van der Waals surface area contributed by atoms with Crippen LogP contribution in [0.5, 0.6) is 0 Å². The van der Waals surface area contributed by atoms with Gasteiger partial charge in [0.1, 0.15) is 0 Å². The molecule has 0 spiro atoms. The Balaban J connectivity index is 1.74. The molecule has 4 nitrogen and oxygen atoms in total. The Hall–Kier alpha value is -0.610. The summed E-state index contributed by atoms with van der Waals surface area (Å²) < 4.78 is 0. The first-order valence-electron chi connectivity index (χ1n) is 5.88. The maximum atomic E-state index is 11.4. The van der Waals surface area contributed by atoms with Crippen molar-refractivity contribution < 1.29 is 4.79 Å². The third-order valence-corrected chi connectivity index (χ3v) is 3.53. The Morgan fingerprint density at radius 1 is 1.47 bits per heavy atom.